The van der Waals surface area contributed by atoms with Crippen molar-refractivity contribution in [3.05, 3.63) is 64.4 Å². The van der Waals surface area contributed by atoms with Crippen LogP contribution in [0.15, 0.2) is 42.5 Å². The highest BCUT2D eigenvalue weighted by Gasteiger charge is 2.11. The molecule has 4 heteroatoms. The second-order valence-corrected chi connectivity index (χ2v) is 5.71. The Balaban J connectivity index is 2.15. The highest BCUT2D eigenvalue weighted by molar-refractivity contribution is 9.09. The van der Waals surface area contributed by atoms with Crippen LogP contribution < -0.4 is 4.74 Å². The van der Waals surface area contributed by atoms with E-state index in [0.29, 0.717) is 0 Å². The molecule has 0 saturated carbocycles. The molecule has 1 nitrogen and oxygen atoms in total. The summed E-state index contributed by atoms with van der Waals surface area (Å²) in [6.45, 7) is 0. The van der Waals surface area contributed by atoms with E-state index < -0.39 is 5.82 Å². The number of hydrogen-bond donors (Lipinski definition) is 0. The molecule has 0 heterocycles. The number of benzene rings is 2. The van der Waals surface area contributed by atoms with E-state index in [-0.39, 0.29) is 9.85 Å². The van der Waals surface area contributed by atoms with Gasteiger partial charge in [0.25, 0.3) is 0 Å². The van der Waals surface area contributed by atoms with E-state index in [2.05, 4.69) is 15.9 Å². The van der Waals surface area contributed by atoms with E-state index in [1.807, 2.05) is 30.3 Å². The predicted molar refractivity (Wildman–Crippen MR) is 79.8 cm³/mol. The minimum Gasteiger partial charge on any atom is -0.497 e. The first-order chi connectivity index (χ1) is 9.10. The van der Waals surface area contributed by atoms with Gasteiger partial charge in [-0.05, 0) is 41.8 Å². The van der Waals surface area contributed by atoms with Gasteiger partial charge in [-0.1, -0.05) is 45.7 Å². The maximum atomic E-state index is 13.4. The molecule has 0 bridgehead atoms. The topological polar surface area (TPSA) is 9.23 Å². The number of halogens is 3. The molecular weight excluding hydrogens is 331 g/mol. The Morgan fingerprint density at radius 2 is 2.05 bits per heavy atom. The molecule has 0 aromatic heterocycles. The summed E-state index contributed by atoms with van der Waals surface area (Å²) in [6, 6.07) is 12.7. The lowest BCUT2D eigenvalue weighted by Gasteiger charge is -2.11. The molecule has 2 aromatic rings. The normalized spacial score (nSPS) is 12.2. The second kappa shape index (κ2) is 6.40. The van der Waals surface area contributed by atoms with Crippen LogP contribution in [0.25, 0.3) is 0 Å². The van der Waals surface area contributed by atoms with Gasteiger partial charge in [-0.3, -0.25) is 0 Å². The molecule has 19 heavy (non-hydrogen) atoms. The maximum absolute atomic E-state index is 13.4. The smallest absolute Gasteiger partial charge is 0.142 e. The van der Waals surface area contributed by atoms with Crippen LogP contribution in [0.2, 0.25) is 5.02 Å². The first-order valence-electron chi connectivity index (χ1n) is 5.82. The lowest BCUT2D eigenvalue weighted by molar-refractivity contribution is 0.414. The van der Waals surface area contributed by atoms with Crippen molar-refractivity contribution in [1.29, 1.82) is 0 Å². The number of rotatable bonds is 4. The Kier molecular flexibility index (Phi) is 4.83. The fraction of sp³-hybridized carbons (Fsp3) is 0.200. The summed E-state index contributed by atoms with van der Waals surface area (Å²) in [5.74, 6) is 0.425. The Labute approximate surface area is 125 Å². The number of hydrogen-bond acceptors (Lipinski definition) is 1. The van der Waals surface area contributed by atoms with E-state index in [1.165, 1.54) is 6.07 Å². The molecule has 0 fully saturated rings. The highest BCUT2D eigenvalue weighted by Crippen LogP contribution is 2.30. The third-order valence-electron chi connectivity index (χ3n) is 2.85. The van der Waals surface area contributed by atoms with Crippen LogP contribution in [0.1, 0.15) is 16.0 Å². The van der Waals surface area contributed by atoms with E-state index in [9.17, 15) is 4.39 Å². The van der Waals surface area contributed by atoms with Crippen LogP contribution in [0.4, 0.5) is 4.39 Å². The van der Waals surface area contributed by atoms with Crippen molar-refractivity contribution in [2.24, 2.45) is 0 Å². The molecule has 2 aromatic carbocycles. The van der Waals surface area contributed by atoms with Crippen LogP contribution in [-0.4, -0.2) is 7.11 Å². The SMILES string of the molecule is COc1cccc(CC(Br)c2ccc(Cl)c(F)c2)c1. The molecule has 0 saturated heterocycles. The van der Waals surface area contributed by atoms with E-state index in [0.717, 1.165) is 23.3 Å². The number of ether oxygens (including phenoxy) is 1. The van der Waals surface area contributed by atoms with E-state index in [1.54, 1.807) is 13.2 Å². The highest BCUT2D eigenvalue weighted by atomic mass is 79.9. The third kappa shape index (κ3) is 3.71. The summed E-state index contributed by atoms with van der Waals surface area (Å²) >= 11 is 9.26. The molecule has 0 amide bonds. The number of methoxy groups -OCH3 is 1. The lowest BCUT2D eigenvalue weighted by Crippen LogP contribution is -1.97. The molecule has 2 rings (SSSR count). The summed E-state index contributed by atoms with van der Waals surface area (Å²) in [5.41, 5.74) is 1.99. The van der Waals surface area contributed by atoms with E-state index >= 15 is 0 Å². The quantitative estimate of drug-likeness (QED) is 0.696. The summed E-state index contributed by atoms with van der Waals surface area (Å²) in [5, 5.41) is 0.143. The molecule has 1 unspecified atom stereocenters. The molecule has 0 N–H and O–H groups in total. The molecule has 0 aliphatic heterocycles. The summed E-state index contributed by atoms with van der Waals surface area (Å²) in [6.07, 6.45) is 0.748. The largest absolute Gasteiger partial charge is 0.497 e. The van der Waals surface area contributed by atoms with Crippen molar-refractivity contribution < 1.29 is 9.13 Å². The van der Waals surface area contributed by atoms with Crippen LogP contribution in [0.5, 0.6) is 5.75 Å². The molecule has 100 valence electrons. The zero-order chi connectivity index (χ0) is 13.8. The van der Waals surface area contributed by atoms with Crippen LogP contribution in [0, 0.1) is 5.82 Å². The maximum Gasteiger partial charge on any atom is 0.142 e. The minimum absolute atomic E-state index is 0.0337. The summed E-state index contributed by atoms with van der Waals surface area (Å²) in [7, 11) is 1.64. The minimum atomic E-state index is -0.394. The van der Waals surface area contributed by atoms with Gasteiger partial charge in [0, 0.05) is 4.83 Å². The third-order valence-corrected chi connectivity index (χ3v) is 4.01. The molecule has 1 atom stereocenters. The first-order valence-corrected chi connectivity index (χ1v) is 7.11. The van der Waals surface area contributed by atoms with Crippen molar-refractivity contribution in [2.45, 2.75) is 11.2 Å². The predicted octanol–water partition coefficient (Wildman–Crippen LogP) is 5.17. The average Bonchev–Trinajstić information content (AvgIpc) is 2.42. The Hall–Kier alpha value is -1.06. The molecule has 0 radical (unpaired) electrons. The van der Waals surface area contributed by atoms with Crippen LogP contribution in [-0.2, 0) is 6.42 Å². The zero-order valence-corrected chi connectivity index (χ0v) is 12.7. The fourth-order valence-electron chi connectivity index (χ4n) is 1.83. The average molecular weight is 344 g/mol. The van der Waals surface area contributed by atoms with Crippen molar-refractivity contribution >= 4 is 27.5 Å². The van der Waals surface area contributed by atoms with Gasteiger partial charge in [-0.15, -0.1) is 0 Å². The second-order valence-electron chi connectivity index (χ2n) is 4.20. The van der Waals surface area contributed by atoms with Gasteiger partial charge < -0.3 is 4.74 Å². The standard InChI is InChI=1S/C15H13BrClFO/c1-19-12-4-2-3-10(7-12)8-13(16)11-5-6-14(17)15(18)9-11/h2-7,9,13H,8H2,1H3. The summed E-state index contributed by atoms with van der Waals surface area (Å²) in [4.78, 5) is 0.0337. The fourth-order valence-corrected chi connectivity index (χ4v) is 2.61. The van der Waals surface area contributed by atoms with Gasteiger partial charge in [0.2, 0.25) is 0 Å². The molecule has 0 spiro atoms. The van der Waals surface area contributed by atoms with Crippen molar-refractivity contribution in [3.63, 3.8) is 0 Å². The Bertz CT molecular complexity index is 574. The van der Waals surface area contributed by atoms with Crippen molar-refractivity contribution in [2.75, 3.05) is 7.11 Å². The van der Waals surface area contributed by atoms with Gasteiger partial charge >= 0.3 is 0 Å². The van der Waals surface area contributed by atoms with Crippen LogP contribution in [0.3, 0.4) is 0 Å². The Morgan fingerprint density at radius 1 is 1.26 bits per heavy atom. The van der Waals surface area contributed by atoms with E-state index in [4.69, 9.17) is 16.3 Å². The van der Waals surface area contributed by atoms with Gasteiger partial charge in [0.15, 0.2) is 0 Å². The monoisotopic (exact) mass is 342 g/mol. The molecular formula is C15H13BrClFO. The molecule has 0 aliphatic carbocycles. The first kappa shape index (κ1) is 14.4. The van der Waals surface area contributed by atoms with Gasteiger partial charge in [0.05, 0.1) is 12.1 Å². The number of alkyl halides is 1. The van der Waals surface area contributed by atoms with Crippen molar-refractivity contribution in [3.8, 4) is 5.75 Å². The Morgan fingerprint density at radius 3 is 2.74 bits per heavy atom. The van der Waals surface area contributed by atoms with Gasteiger partial charge in [-0.25, -0.2) is 4.39 Å². The molecule has 0 aliphatic rings. The van der Waals surface area contributed by atoms with Crippen molar-refractivity contribution in [1.82, 2.24) is 0 Å². The van der Waals surface area contributed by atoms with Gasteiger partial charge in [-0.2, -0.15) is 0 Å². The van der Waals surface area contributed by atoms with Gasteiger partial charge in [0.1, 0.15) is 11.6 Å². The van der Waals surface area contributed by atoms with Crippen LogP contribution >= 0.6 is 27.5 Å². The zero-order valence-electron chi connectivity index (χ0n) is 10.4. The summed E-state index contributed by atoms with van der Waals surface area (Å²) < 4.78 is 18.6. The lowest BCUT2D eigenvalue weighted by atomic mass is 10.0.